The summed E-state index contributed by atoms with van der Waals surface area (Å²) in [6, 6.07) is 20.6. The minimum atomic E-state index is -0.568. The number of benzene rings is 3. The summed E-state index contributed by atoms with van der Waals surface area (Å²) in [4.78, 5) is 24.5. The Kier molecular flexibility index (Phi) is 7.27. The van der Waals surface area contributed by atoms with E-state index < -0.39 is 17.8 Å². The second-order valence-corrected chi connectivity index (χ2v) is 6.95. The molecule has 0 aliphatic heterocycles. The first kappa shape index (κ1) is 21.2. The summed E-state index contributed by atoms with van der Waals surface area (Å²) in [5.41, 5.74) is 2.07. The van der Waals surface area contributed by atoms with Gasteiger partial charge in [-0.15, -0.1) is 0 Å². The number of carbonyl (C=O) groups excluding carboxylic acids is 2. The van der Waals surface area contributed by atoms with E-state index in [-0.39, 0.29) is 31.1 Å². The van der Waals surface area contributed by atoms with E-state index in [2.05, 4.69) is 10.6 Å². The number of amides is 2. The Balaban J connectivity index is 1.63. The largest absolute Gasteiger partial charge is 0.347 e. The Hall–Kier alpha value is -3.54. The van der Waals surface area contributed by atoms with Crippen LogP contribution in [0.1, 0.15) is 22.7 Å². The van der Waals surface area contributed by atoms with Gasteiger partial charge in [0.2, 0.25) is 11.8 Å². The fourth-order valence-electron chi connectivity index (χ4n) is 3.14. The fraction of sp³-hybridized carbons (Fsp3) is 0.167. The van der Waals surface area contributed by atoms with Crippen LogP contribution >= 0.6 is 0 Å². The van der Waals surface area contributed by atoms with Crippen molar-refractivity contribution in [2.24, 2.45) is 0 Å². The number of nitrogens with one attached hydrogen (secondary N) is 2. The SMILES string of the molecule is O=C(Cc1ccccc1)NCC(=O)NC(Cc1cccc(F)c1)c1cccc(F)c1. The van der Waals surface area contributed by atoms with Gasteiger partial charge in [0.15, 0.2) is 0 Å². The lowest BCUT2D eigenvalue weighted by atomic mass is 9.98. The average Bonchev–Trinajstić information content (AvgIpc) is 2.73. The Bertz CT molecular complexity index is 1010. The van der Waals surface area contributed by atoms with E-state index >= 15 is 0 Å². The molecule has 3 aromatic carbocycles. The third-order valence-corrected chi connectivity index (χ3v) is 4.57. The van der Waals surface area contributed by atoms with Gasteiger partial charge in [-0.05, 0) is 47.4 Å². The van der Waals surface area contributed by atoms with E-state index in [0.717, 1.165) is 5.56 Å². The van der Waals surface area contributed by atoms with E-state index in [1.807, 2.05) is 30.3 Å². The van der Waals surface area contributed by atoms with Crippen molar-refractivity contribution in [3.8, 4) is 0 Å². The van der Waals surface area contributed by atoms with Crippen molar-refractivity contribution in [1.29, 1.82) is 0 Å². The molecule has 0 aliphatic carbocycles. The number of carbonyl (C=O) groups is 2. The molecule has 1 atom stereocenters. The minimum Gasteiger partial charge on any atom is -0.347 e. The topological polar surface area (TPSA) is 58.2 Å². The van der Waals surface area contributed by atoms with Gasteiger partial charge in [-0.2, -0.15) is 0 Å². The molecule has 0 bridgehead atoms. The van der Waals surface area contributed by atoms with Crippen LogP contribution in [0, 0.1) is 11.6 Å². The zero-order valence-electron chi connectivity index (χ0n) is 16.3. The maximum Gasteiger partial charge on any atom is 0.239 e. The molecule has 0 aromatic heterocycles. The first-order chi connectivity index (χ1) is 14.5. The molecular formula is C24H22F2N2O2. The van der Waals surface area contributed by atoms with E-state index in [4.69, 9.17) is 0 Å². The predicted octanol–water partition coefficient (Wildman–Crippen LogP) is 3.72. The van der Waals surface area contributed by atoms with Crippen LogP contribution in [0.2, 0.25) is 0 Å². The van der Waals surface area contributed by atoms with Crippen molar-refractivity contribution in [3.05, 3.63) is 107 Å². The fourth-order valence-corrected chi connectivity index (χ4v) is 3.14. The molecule has 2 amide bonds. The van der Waals surface area contributed by atoms with Crippen LogP contribution in [0.4, 0.5) is 8.78 Å². The van der Waals surface area contributed by atoms with Gasteiger partial charge < -0.3 is 10.6 Å². The Labute approximate surface area is 173 Å². The Morgan fingerprint density at radius 1 is 0.767 bits per heavy atom. The molecule has 6 heteroatoms. The number of hydrogen-bond acceptors (Lipinski definition) is 2. The normalized spacial score (nSPS) is 11.5. The van der Waals surface area contributed by atoms with Crippen LogP contribution in [0.3, 0.4) is 0 Å². The molecule has 154 valence electrons. The average molecular weight is 408 g/mol. The summed E-state index contributed by atoms with van der Waals surface area (Å²) < 4.78 is 27.2. The third-order valence-electron chi connectivity index (χ3n) is 4.57. The molecule has 0 aliphatic rings. The highest BCUT2D eigenvalue weighted by atomic mass is 19.1. The number of rotatable bonds is 8. The van der Waals surface area contributed by atoms with Crippen LogP contribution in [0.25, 0.3) is 0 Å². The van der Waals surface area contributed by atoms with Crippen molar-refractivity contribution >= 4 is 11.8 Å². The van der Waals surface area contributed by atoms with E-state index in [9.17, 15) is 18.4 Å². The van der Waals surface area contributed by atoms with Crippen molar-refractivity contribution in [1.82, 2.24) is 10.6 Å². The molecule has 4 nitrogen and oxygen atoms in total. The van der Waals surface area contributed by atoms with Crippen molar-refractivity contribution in [2.75, 3.05) is 6.54 Å². The van der Waals surface area contributed by atoms with Gasteiger partial charge >= 0.3 is 0 Å². The van der Waals surface area contributed by atoms with Crippen LogP contribution in [0.15, 0.2) is 78.9 Å². The highest BCUT2D eigenvalue weighted by Crippen LogP contribution is 2.20. The molecular weight excluding hydrogens is 386 g/mol. The Morgan fingerprint density at radius 3 is 2.13 bits per heavy atom. The minimum absolute atomic E-state index is 0.171. The summed E-state index contributed by atoms with van der Waals surface area (Å²) in [5.74, 6) is -1.50. The zero-order valence-corrected chi connectivity index (χ0v) is 16.3. The maximum atomic E-state index is 13.7. The van der Waals surface area contributed by atoms with Crippen molar-refractivity contribution < 1.29 is 18.4 Å². The van der Waals surface area contributed by atoms with Gasteiger partial charge in [0, 0.05) is 0 Å². The molecule has 3 aromatic rings. The molecule has 0 radical (unpaired) electrons. The lowest BCUT2D eigenvalue weighted by Gasteiger charge is -2.20. The quantitative estimate of drug-likeness (QED) is 0.597. The highest BCUT2D eigenvalue weighted by molar-refractivity contribution is 5.85. The summed E-state index contributed by atoms with van der Waals surface area (Å²) >= 11 is 0. The summed E-state index contributed by atoms with van der Waals surface area (Å²) in [5, 5.41) is 5.39. The lowest BCUT2D eigenvalue weighted by molar-refractivity contribution is -0.126. The second-order valence-electron chi connectivity index (χ2n) is 6.95. The lowest BCUT2D eigenvalue weighted by Crippen LogP contribution is -2.39. The van der Waals surface area contributed by atoms with E-state index in [1.165, 1.54) is 24.3 Å². The van der Waals surface area contributed by atoms with Crippen LogP contribution in [-0.2, 0) is 22.4 Å². The van der Waals surface area contributed by atoms with Gasteiger partial charge in [-0.3, -0.25) is 9.59 Å². The van der Waals surface area contributed by atoms with Gasteiger partial charge in [0.1, 0.15) is 11.6 Å². The first-order valence-electron chi connectivity index (χ1n) is 9.59. The smallest absolute Gasteiger partial charge is 0.239 e. The molecule has 0 heterocycles. The maximum absolute atomic E-state index is 13.7. The number of hydrogen-bond donors (Lipinski definition) is 2. The monoisotopic (exact) mass is 408 g/mol. The van der Waals surface area contributed by atoms with E-state index in [0.29, 0.717) is 11.1 Å². The molecule has 1 unspecified atom stereocenters. The van der Waals surface area contributed by atoms with E-state index in [1.54, 1.807) is 24.3 Å². The van der Waals surface area contributed by atoms with Crippen LogP contribution in [0.5, 0.6) is 0 Å². The second kappa shape index (κ2) is 10.3. The van der Waals surface area contributed by atoms with Gasteiger partial charge in [-0.1, -0.05) is 54.6 Å². The summed E-state index contributed by atoms with van der Waals surface area (Å²) in [6.07, 6.45) is 0.454. The van der Waals surface area contributed by atoms with Crippen molar-refractivity contribution in [3.63, 3.8) is 0 Å². The van der Waals surface area contributed by atoms with Gasteiger partial charge in [-0.25, -0.2) is 8.78 Å². The number of halogens is 2. The zero-order chi connectivity index (χ0) is 21.3. The molecule has 0 fully saturated rings. The summed E-state index contributed by atoms with van der Waals surface area (Å²) in [7, 11) is 0. The molecule has 3 rings (SSSR count). The Morgan fingerprint density at radius 2 is 1.43 bits per heavy atom. The van der Waals surface area contributed by atoms with Gasteiger partial charge in [0.05, 0.1) is 19.0 Å². The molecule has 30 heavy (non-hydrogen) atoms. The molecule has 0 saturated heterocycles. The highest BCUT2D eigenvalue weighted by Gasteiger charge is 2.17. The van der Waals surface area contributed by atoms with Crippen LogP contribution in [-0.4, -0.2) is 18.4 Å². The van der Waals surface area contributed by atoms with Gasteiger partial charge in [0.25, 0.3) is 0 Å². The van der Waals surface area contributed by atoms with Crippen molar-refractivity contribution in [2.45, 2.75) is 18.9 Å². The molecule has 0 saturated carbocycles. The predicted molar refractivity (Wildman–Crippen MR) is 111 cm³/mol. The van der Waals surface area contributed by atoms with Crippen LogP contribution < -0.4 is 10.6 Å². The molecule has 2 N–H and O–H groups in total. The summed E-state index contributed by atoms with van der Waals surface area (Å²) in [6.45, 7) is -0.208. The standard InChI is InChI=1S/C24H22F2N2O2/c25-20-10-4-8-18(12-20)13-22(19-9-5-11-21(26)15-19)28-24(30)16-27-23(29)14-17-6-2-1-3-7-17/h1-12,15,22H,13-14,16H2,(H,27,29)(H,28,30). The first-order valence-corrected chi connectivity index (χ1v) is 9.59. The third kappa shape index (κ3) is 6.51. The molecule has 0 spiro atoms.